The van der Waals surface area contributed by atoms with Gasteiger partial charge < -0.3 is 30.9 Å². The number of carboxylic acid groups (broad SMARTS) is 1. The molecule has 0 aliphatic carbocycles. The van der Waals surface area contributed by atoms with E-state index in [0.29, 0.717) is 23.6 Å². The first-order valence-electron chi connectivity index (χ1n) is 11.1. The molecule has 1 aliphatic rings. The zero-order valence-corrected chi connectivity index (χ0v) is 18.9. The Morgan fingerprint density at radius 1 is 1.30 bits per heavy atom. The van der Waals surface area contributed by atoms with Crippen LogP contribution in [-0.2, 0) is 4.79 Å². The van der Waals surface area contributed by atoms with E-state index in [1.165, 1.54) is 12.1 Å². The molecule has 0 spiro atoms. The van der Waals surface area contributed by atoms with Crippen LogP contribution in [-0.4, -0.2) is 42.7 Å². The molecule has 2 aromatic rings. The highest BCUT2D eigenvalue weighted by Gasteiger charge is 2.29. The molecule has 3 rings (SSSR count). The first-order chi connectivity index (χ1) is 15.8. The van der Waals surface area contributed by atoms with Gasteiger partial charge in [0.15, 0.2) is 17.6 Å². The van der Waals surface area contributed by atoms with Crippen molar-refractivity contribution in [1.29, 1.82) is 5.41 Å². The lowest BCUT2D eigenvalue weighted by Crippen LogP contribution is -2.35. The minimum absolute atomic E-state index is 0.0260. The molecule has 9 heteroatoms. The van der Waals surface area contributed by atoms with Crippen LogP contribution in [0.2, 0.25) is 0 Å². The van der Waals surface area contributed by atoms with Crippen molar-refractivity contribution < 1.29 is 23.8 Å². The van der Waals surface area contributed by atoms with Crippen molar-refractivity contribution in [2.45, 2.75) is 38.8 Å². The number of halogens is 1. The fraction of sp³-hybridized carbons (Fsp3) is 0.417. The number of nitrogens with two attached hydrogens (primary N) is 1. The van der Waals surface area contributed by atoms with E-state index < -0.39 is 17.8 Å². The van der Waals surface area contributed by atoms with Gasteiger partial charge in [0.05, 0.1) is 12.7 Å². The summed E-state index contributed by atoms with van der Waals surface area (Å²) in [6, 6.07) is 7.83. The van der Waals surface area contributed by atoms with E-state index in [2.05, 4.69) is 10.6 Å². The van der Waals surface area contributed by atoms with Crippen LogP contribution in [0.25, 0.3) is 0 Å². The number of carboxylic acids is 1. The minimum atomic E-state index is -1.38. The monoisotopic (exact) mass is 458 g/mol. The molecule has 6 N–H and O–H groups in total. The van der Waals surface area contributed by atoms with E-state index in [0.717, 1.165) is 25.9 Å². The number of amidine groups is 1. The molecule has 8 nitrogen and oxygen atoms in total. The molecule has 1 aliphatic heterocycles. The summed E-state index contributed by atoms with van der Waals surface area (Å²) in [5.74, 6) is -1.51. The van der Waals surface area contributed by atoms with Gasteiger partial charge in [0.1, 0.15) is 11.6 Å². The van der Waals surface area contributed by atoms with Crippen LogP contribution in [0, 0.1) is 17.1 Å². The first kappa shape index (κ1) is 24.3. The highest BCUT2D eigenvalue weighted by Crippen LogP contribution is 2.35. The maximum atomic E-state index is 15.6. The van der Waals surface area contributed by atoms with Gasteiger partial charge in [0, 0.05) is 22.9 Å². The van der Waals surface area contributed by atoms with Gasteiger partial charge in [-0.05, 0) is 76.0 Å². The standard InChI is InChI=1S/C24H31FN4O4/c1-3-32-18-12-19(21(25)20(13-18)33-14(2)15-8-10-28-11-9-15)22(24(30)31)29-17-6-4-16(5-7-17)23(26)27/h4-7,12-15,22,28-29H,3,8-11H2,1-2H3,(H3,26,27)(H,30,31). The molecule has 2 aromatic carbocycles. The summed E-state index contributed by atoms with van der Waals surface area (Å²) in [6.07, 6.45) is 1.62. The van der Waals surface area contributed by atoms with Gasteiger partial charge in [-0.25, -0.2) is 9.18 Å². The SMILES string of the molecule is CCOc1cc(OC(C)C2CCNCC2)c(F)c(C(Nc2ccc(C(=N)N)cc2)C(=O)O)c1. The van der Waals surface area contributed by atoms with Crippen LogP contribution < -0.4 is 25.8 Å². The number of nitrogens with one attached hydrogen (secondary N) is 3. The second-order valence-electron chi connectivity index (χ2n) is 8.07. The summed E-state index contributed by atoms with van der Waals surface area (Å²) < 4.78 is 27.1. The number of anilines is 1. The van der Waals surface area contributed by atoms with Crippen LogP contribution >= 0.6 is 0 Å². The largest absolute Gasteiger partial charge is 0.494 e. The molecule has 1 fully saturated rings. The lowest BCUT2D eigenvalue weighted by molar-refractivity contribution is -0.138. The Balaban J connectivity index is 1.91. The molecule has 2 unspecified atom stereocenters. The highest BCUT2D eigenvalue weighted by molar-refractivity contribution is 5.95. The Morgan fingerprint density at radius 2 is 1.97 bits per heavy atom. The fourth-order valence-corrected chi connectivity index (χ4v) is 3.93. The molecule has 0 aromatic heterocycles. The lowest BCUT2D eigenvalue weighted by atomic mass is 9.93. The molecule has 0 bridgehead atoms. The predicted octanol–water partition coefficient (Wildman–Crippen LogP) is 3.51. The molecule has 0 saturated carbocycles. The summed E-state index contributed by atoms with van der Waals surface area (Å²) in [5.41, 5.74) is 6.32. The van der Waals surface area contributed by atoms with Crippen LogP contribution in [0.1, 0.15) is 43.9 Å². The summed E-state index contributed by atoms with van der Waals surface area (Å²) in [4.78, 5) is 12.1. The second kappa shape index (κ2) is 11.0. The Morgan fingerprint density at radius 3 is 2.55 bits per heavy atom. The van der Waals surface area contributed by atoms with Gasteiger partial charge >= 0.3 is 5.97 Å². The zero-order valence-electron chi connectivity index (χ0n) is 18.9. The van der Waals surface area contributed by atoms with Crippen molar-refractivity contribution in [2.75, 3.05) is 25.0 Å². The number of hydrogen-bond acceptors (Lipinski definition) is 6. The minimum Gasteiger partial charge on any atom is -0.494 e. The van der Waals surface area contributed by atoms with Gasteiger partial charge in [-0.1, -0.05) is 0 Å². The van der Waals surface area contributed by atoms with E-state index in [9.17, 15) is 9.90 Å². The van der Waals surface area contributed by atoms with Crippen LogP contribution in [0.5, 0.6) is 11.5 Å². The number of rotatable bonds is 10. The van der Waals surface area contributed by atoms with E-state index in [1.54, 1.807) is 31.2 Å². The molecule has 33 heavy (non-hydrogen) atoms. The summed E-state index contributed by atoms with van der Waals surface area (Å²) >= 11 is 0. The third kappa shape index (κ3) is 6.13. The van der Waals surface area contributed by atoms with Crippen molar-refractivity contribution in [2.24, 2.45) is 11.7 Å². The first-order valence-corrected chi connectivity index (χ1v) is 11.1. The molecular weight excluding hydrogens is 427 g/mol. The molecule has 0 amide bonds. The molecule has 2 atom stereocenters. The fourth-order valence-electron chi connectivity index (χ4n) is 3.93. The number of benzene rings is 2. The van der Waals surface area contributed by atoms with Gasteiger partial charge in [-0.15, -0.1) is 0 Å². The van der Waals surface area contributed by atoms with E-state index in [4.69, 9.17) is 20.6 Å². The van der Waals surface area contributed by atoms with Crippen LogP contribution in [0.15, 0.2) is 36.4 Å². The number of nitrogen functional groups attached to an aromatic ring is 1. The van der Waals surface area contributed by atoms with Gasteiger partial charge in [-0.2, -0.15) is 0 Å². The predicted molar refractivity (Wildman–Crippen MR) is 125 cm³/mol. The Labute approximate surface area is 192 Å². The maximum Gasteiger partial charge on any atom is 0.330 e. The second-order valence-corrected chi connectivity index (χ2v) is 8.07. The molecule has 178 valence electrons. The van der Waals surface area contributed by atoms with Crippen molar-refractivity contribution in [1.82, 2.24) is 5.32 Å². The molecule has 1 heterocycles. The van der Waals surface area contributed by atoms with Gasteiger partial charge in [-0.3, -0.25) is 5.41 Å². The molecular formula is C24H31FN4O4. The van der Waals surface area contributed by atoms with E-state index in [-0.39, 0.29) is 29.2 Å². The zero-order chi connectivity index (χ0) is 24.0. The summed E-state index contributed by atoms with van der Waals surface area (Å²) in [6.45, 7) is 5.82. The van der Waals surface area contributed by atoms with Gasteiger partial charge in [0.25, 0.3) is 0 Å². The smallest absolute Gasteiger partial charge is 0.330 e. The Kier molecular flexibility index (Phi) is 8.11. The Hall–Kier alpha value is -3.33. The summed E-state index contributed by atoms with van der Waals surface area (Å²) in [7, 11) is 0. The quantitative estimate of drug-likeness (QED) is 0.272. The van der Waals surface area contributed by atoms with Gasteiger partial charge in [0.2, 0.25) is 0 Å². The number of carbonyl (C=O) groups is 1. The van der Waals surface area contributed by atoms with Crippen molar-refractivity contribution in [3.8, 4) is 11.5 Å². The average molecular weight is 459 g/mol. The third-order valence-electron chi connectivity index (χ3n) is 5.78. The van der Waals surface area contributed by atoms with Crippen LogP contribution in [0.4, 0.5) is 10.1 Å². The van der Waals surface area contributed by atoms with E-state index >= 15 is 4.39 Å². The summed E-state index contributed by atoms with van der Waals surface area (Å²) in [5, 5.41) is 23.5. The number of hydrogen-bond donors (Lipinski definition) is 5. The van der Waals surface area contributed by atoms with Crippen LogP contribution in [0.3, 0.4) is 0 Å². The average Bonchev–Trinajstić information content (AvgIpc) is 2.80. The van der Waals surface area contributed by atoms with E-state index in [1.807, 2.05) is 6.92 Å². The van der Waals surface area contributed by atoms with Crippen molar-refractivity contribution in [3.05, 3.63) is 53.3 Å². The van der Waals surface area contributed by atoms with Crippen molar-refractivity contribution >= 4 is 17.5 Å². The topological polar surface area (TPSA) is 130 Å². The number of aliphatic carboxylic acids is 1. The van der Waals surface area contributed by atoms with Crippen molar-refractivity contribution in [3.63, 3.8) is 0 Å². The molecule has 1 saturated heterocycles. The Bertz CT molecular complexity index is 977. The number of ether oxygens (including phenoxy) is 2. The maximum absolute atomic E-state index is 15.6. The number of piperidine rings is 1. The molecule has 0 radical (unpaired) electrons. The lowest BCUT2D eigenvalue weighted by Gasteiger charge is -2.29. The highest BCUT2D eigenvalue weighted by atomic mass is 19.1. The third-order valence-corrected chi connectivity index (χ3v) is 5.78. The normalized spacial score (nSPS) is 16.0.